The lowest BCUT2D eigenvalue weighted by molar-refractivity contribution is -0.156. The van der Waals surface area contributed by atoms with E-state index in [4.69, 9.17) is 28.4 Å². The van der Waals surface area contributed by atoms with Crippen LogP contribution in [0.4, 0.5) is 0 Å². The van der Waals surface area contributed by atoms with E-state index in [-0.39, 0.29) is 13.2 Å². The van der Waals surface area contributed by atoms with Crippen molar-refractivity contribution in [3.63, 3.8) is 0 Å². The average Bonchev–Trinajstić information content (AvgIpc) is 2.75. The van der Waals surface area contributed by atoms with Crippen LogP contribution in [-0.2, 0) is 19.1 Å². The molecule has 2 aromatic carbocycles. The van der Waals surface area contributed by atoms with Crippen LogP contribution in [0.5, 0.6) is 23.0 Å². The standard InChI is InChI=1S/C24H30O8/c1-23(2,21(25)27-5)31-19-11-7-9-17(15-19)29-13-14-30-18-10-8-12-20(16-18)32-24(3,4)22(26)28-6/h7-12,15-16H,13-14H2,1-6H3. The molecule has 2 rings (SSSR count). The van der Waals surface area contributed by atoms with Crippen molar-refractivity contribution in [2.75, 3.05) is 27.4 Å². The number of benzene rings is 2. The number of hydrogen-bond donors (Lipinski definition) is 0. The molecule has 0 amide bonds. The van der Waals surface area contributed by atoms with E-state index in [1.54, 1.807) is 76.2 Å². The summed E-state index contributed by atoms with van der Waals surface area (Å²) >= 11 is 0. The van der Waals surface area contributed by atoms with Crippen LogP contribution in [0.15, 0.2) is 48.5 Å². The highest BCUT2D eigenvalue weighted by Gasteiger charge is 2.32. The Morgan fingerprint density at radius 2 is 1.00 bits per heavy atom. The minimum Gasteiger partial charge on any atom is -0.490 e. The lowest BCUT2D eigenvalue weighted by atomic mass is 10.1. The maximum Gasteiger partial charge on any atom is 0.349 e. The van der Waals surface area contributed by atoms with Gasteiger partial charge in [0.1, 0.15) is 36.2 Å². The van der Waals surface area contributed by atoms with Gasteiger partial charge >= 0.3 is 11.9 Å². The summed E-state index contributed by atoms with van der Waals surface area (Å²) < 4.78 is 32.4. The van der Waals surface area contributed by atoms with Gasteiger partial charge in [-0.3, -0.25) is 0 Å². The van der Waals surface area contributed by atoms with E-state index in [1.807, 2.05) is 0 Å². The highest BCUT2D eigenvalue weighted by Crippen LogP contribution is 2.25. The predicted molar refractivity (Wildman–Crippen MR) is 117 cm³/mol. The van der Waals surface area contributed by atoms with Crippen molar-refractivity contribution >= 4 is 11.9 Å². The maximum atomic E-state index is 11.8. The van der Waals surface area contributed by atoms with Crippen molar-refractivity contribution in [3.8, 4) is 23.0 Å². The zero-order valence-electron chi connectivity index (χ0n) is 19.3. The largest absolute Gasteiger partial charge is 0.490 e. The van der Waals surface area contributed by atoms with Gasteiger partial charge in [0.2, 0.25) is 0 Å². The van der Waals surface area contributed by atoms with E-state index in [2.05, 4.69) is 0 Å². The number of methoxy groups -OCH3 is 2. The molecule has 2 aromatic rings. The molecule has 8 heteroatoms. The van der Waals surface area contributed by atoms with Gasteiger partial charge in [0.25, 0.3) is 0 Å². The summed E-state index contributed by atoms with van der Waals surface area (Å²) in [6, 6.07) is 13.9. The Bertz CT molecular complexity index is 844. The summed E-state index contributed by atoms with van der Waals surface area (Å²) in [7, 11) is 2.63. The first kappa shape index (κ1) is 24.8. The summed E-state index contributed by atoms with van der Waals surface area (Å²) in [5.74, 6) is 1.16. The Labute approximate surface area is 188 Å². The second kappa shape index (κ2) is 10.7. The fourth-order valence-corrected chi connectivity index (χ4v) is 2.74. The number of hydrogen-bond acceptors (Lipinski definition) is 8. The predicted octanol–water partition coefficient (Wildman–Crippen LogP) is 3.81. The zero-order valence-corrected chi connectivity index (χ0v) is 19.3. The molecule has 0 aromatic heterocycles. The van der Waals surface area contributed by atoms with E-state index >= 15 is 0 Å². The van der Waals surface area contributed by atoms with Gasteiger partial charge in [-0.15, -0.1) is 0 Å². The lowest BCUT2D eigenvalue weighted by Gasteiger charge is -2.23. The summed E-state index contributed by atoms with van der Waals surface area (Å²) in [6.07, 6.45) is 0. The molecule has 0 radical (unpaired) electrons. The van der Waals surface area contributed by atoms with Gasteiger partial charge in [-0.2, -0.15) is 0 Å². The average molecular weight is 446 g/mol. The molecular weight excluding hydrogens is 416 g/mol. The third-order valence-electron chi connectivity index (χ3n) is 4.33. The first-order valence-corrected chi connectivity index (χ1v) is 10.1. The third kappa shape index (κ3) is 7.08. The van der Waals surface area contributed by atoms with E-state index in [9.17, 15) is 9.59 Å². The summed E-state index contributed by atoms with van der Waals surface area (Å²) in [5, 5.41) is 0. The smallest absolute Gasteiger partial charge is 0.349 e. The second-order valence-corrected chi connectivity index (χ2v) is 7.85. The number of carbonyl (C=O) groups is 2. The van der Waals surface area contributed by atoms with Crippen molar-refractivity contribution in [3.05, 3.63) is 48.5 Å². The van der Waals surface area contributed by atoms with Crippen molar-refractivity contribution in [2.45, 2.75) is 38.9 Å². The van der Waals surface area contributed by atoms with E-state index in [1.165, 1.54) is 14.2 Å². The van der Waals surface area contributed by atoms with Crippen molar-refractivity contribution < 1.29 is 38.0 Å². The maximum absolute atomic E-state index is 11.8. The molecule has 0 saturated carbocycles. The number of esters is 2. The van der Waals surface area contributed by atoms with Crippen LogP contribution in [0.3, 0.4) is 0 Å². The molecule has 0 aliphatic carbocycles. The van der Waals surface area contributed by atoms with Crippen LogP contribution >= 0.6 is 0 Å². The van der Waals surface area contributed by atoms with E-state index < -0.39 is 23.1 Å². The van der Waals surface area contributed by atoms with E-state index in [0.717, 1.165) is 0 Å². The fraction of sp³-hybridized carbons (Fsp3) is 0.417. The molecule has 0 atom stereocenters. The summed E-state index contributed by atoms with van der Waals surface area (Å²) in [5.41, 5.74) is -2.24. The monoisotopic (exact) mass is 446 g/mol. The molecule has 0 aliphatic heterocycles. The number of rotatable bonds is 11. The molecule has 0 unspecified atom stereocenters. The summed E-state index contributed by atoms with van der Waals surface area (Å²) in [4.78, 5) is 23.6. The molecule has 0 saturated heterocycles. The molecule has 32 heavy (non-hydrogen) atoms. The molecule has 0 heterocycles. The van der Waals surface area contributed by atoms with E-state index in [0.29, 0.717) is 23.0 Å². The SMILES string of the molecule is COC(=O)C(C)(C)Oc1cccc(OCCOc2cccc(OC(C)(C)C(=O)OC)c2)c1. The van der Waals surface area contributed by atoms with Crippen LogP contribution < -0.4 is 18.9 Å². The zero-order chi connectivity index (χ0) is 23.8. The minimum absolute atomic E-state index is 0.280. The summed E-state index contributed by atoms with van der Waals surface area (Å²) in [6.45, 7) is 7.08. The topological polar surface area (TPSA) is 89.5 Å². The van der Waals surface area contributed by atoms with Gasteiger partial charge in [-0.25, -0.2) is 9.59 Å². The quantitative estimate of drug-likeness (QED) is 0.380. The lowest BCUT2D eigenvalue weighted by Crippen LogP contribution is -2.39. The first-order valence-electron chi connectivity index (χ1n) is 10.1. The Kier molecular flexibility index (Phi) is 8.34. The van der Waals surface area contributed by atoms with Crippen LogP contribution in [-0.4, -0.2) is 50.6 Å². The molecule has 8 nitrogen and oxygen atoms in total. The third-order valence-corrected chi connectivity index (χ3v) is 4.33. The normalized spacial score (nSPS) is 11.3. The van der Waals surface area contributed by atoms with Gasteiger partial charge in [-0.1, -0.05) is 12.1 Å². The fourth-order valence-electron chi connectivity index (χ4n) is 2.74. The Hall–Kier alpha value is -3.42. The Balaban J connectivity index is 1.88. The molecule has 0 fully saturated rings. The molecule has 0 bridgehead atoms. The van der Waals surface area contributed by atoms with Crippen molar-refractivity contribution in [2.24, 2.45) is 0 Å². The Morgan fingerprint density at radius 3 is 1.34 bits per heavy atom. The first-order chi connectivity index (χ1) is 15.1. The van der Waals surface area contributed by atoms with Crippen LogP contribution in [0.25, 0.3) is 0 Å². The highest BCUT2D eigenvalue weighted by atomic mass is 16.6. The van der Waals surface area contributed by atoms with Crippen LogP contribution in [0, 0.1) is 0 Å². The van der Waals surface area contributed by atoms with Gasteiger partial charge in [0.05, 0.1) is 14.2 Å². The number of carbonyl (C=O) groups excluding carboxylic acids is 2. The van der Waals surface area contributed by atoms with Crippen LogP contribution in [0.1, 0.15) is 27.7 Å². The molecule has 0 spiro atoms. The van der Waals surface area contributed by atoms with Gasteiger partial charge in [-0.05, 0) is 52.0 Å². The minimum atomic E-state index is -1.12. The van der Waals surface area contributed by atoms with Crippen LogP contribution in [0.2, 0.25) is 0 Å². The van der Waals surface area contributed by atoms with Crippen molar-refractivity contribution in [1.82, 2.24) is 0 Å². The molecular formula is C24H30O8. The Morgan fingerprint density at radius 1 is 0.656 bits per heavy atom. The second-order valence-electron chi connectivity index (χ2n) is 7.85. The van der Waals surface area contributed by atoms with Crippen molar-refractivity contribution in [1.29, 1.82) is 0 Å². The highest BCUT2D eigenvalue weighted by molar-refractivity contribution is 5.79. The van der Waals surface area contributed by atoms with Gasteiger partial charge < -0.3 is 28.4 Å². The number of ether oxygens (including phenoxy) is 6. The van der Waals surface area contributed by atoms with Gasteiger partial charge in [0.15, 0.2) is 11.2 Å². The molecule has 0 N–H and O–H groups in total. The molecule has 174 valence electrons. The molecule has 0 aliphatic rings. The van der Waals surface area contributed by atoms with Gasteiger partial charge in [0, 0.05) is 12.1 Å².